The third kappa shape index (κ3) is 2.49. The quantitative estimate of drug-likeness (QED) is 0.575. The summed E-state index contributed by atoms with van der Waals surface area (Å²) in [5.41, 5.74) is 2.75. The Labute approximate surface area is 106 Å². The lowest BCUT2D eigenvalue weighted by atomic mass is 10.1. The molecule has 1 aliphatic rings. The Kier molecular flexibility index (Phi) is 4.04. The zero-order valence-corrected chi connectivity index (χ0v) is 11.4. The molecule has 2 heteroatoms. The van der Waals surface area contributed by atoms with Crippen LogP contribution >= 0.6 is 15.9 Å². The Balaban J connectivity index is 1.99. The van der Waals surface area contributed by atoms with Crippen LogP contribution in [0, 0.1) is 0 Å². The molecule has 1 unspecified atom stereocenters. The van der Waals surface area contributed by atoms with Gasteiger partial charge in [0.05, 0.1) is 0 Å². The number of ether oxygens (including phenoxy) is 1. The van der Waals surface area contributed by atoms with Crippen LogP contribution in [0.5, 0.6) is 0 Å². The van der Waals surface area contributed by atoms with Crippen molar-refractivity contribution in [3.05, 3.63) is 35.4 Å². The molecule has 0 radical (unpaired) electrons. The lowest BCUT2D eigenvalue weighted by Gasteiger charge is -2.24. The van der Waals surface area contributed by atoms with Gasteiger partial charge in [0.2, 0.25) is 0 Å². The first kappa shape index (κ1) is 12.1. The van der Waals surface area contributed by atoms with Crippen molar-refractivity contribution in [3.63, 3.8) is 0 Å². The summed E-state index contributed by atoms with van der Waals surface area (Å²) >= 11 is 3.77. The van der Waals surface area contributed by atoms with Crippen LogP contribution in [0.1, 0.15) is 43.7 Å². The van der Waals surface area contributed by atoms with Crippen LogP contribution < -0.4 is 0 Å². The van der Waals surface area contributed by atoms with Crippen molar-refractivity contribution in [2.24, 2.45) is 0 Å². The number of benzene rings is 1. The second kappa shape index (κ2) is 5.33. The van der Waals surface area contributed by atoms with Gasteiger partial charge in [-0.3, -0.25) is 0 Å². The summed E-state index contributed by atoms with van der Waals surface area (Å²) in [7, 11) is 0. The second-order valence-electron chi connectivity index (χ2n) is 4.44. The molecule has 0 amide bonds. The number of alkyl halides is 1. The van der Waals surface area contributed by atoms with Gasteiger partial charge in [0.1, 0.15) is 4.51 Å². The summed E-state index contributed by atoms with van der Waals surface area (Å²) in [6.07, 6.45) is 5.83. The van der Waals surface area contributed by atoms with E-state index in [2.05, 4.69) is 47.1 Å². The molecule has 88 valence electrons. The van der Waals surface area contributed by atoms with E-state index in [-0.39, 0.29) is 4.51 Å². The first-order valence-electron chi connectivity index (χ1n) is 6.17. The number of halogens is 1. The maximum absolute atomic E-state index is 6.04. The maximum Gasteiger partial charge on any atom is 0.148 e. The van der Waals surface area contributed by atoms with E-state index in [1.54, 1.807) is 0 Å². The molecule has 1 aliphatic carbocycles. The molecule has 0 spiro atoms. The molecular formula is C14H19BrO. The van der Waals surface area contributed by atoms with Crippen LogP contribution in [0.4, 0.5) is 0 Å². The minimum atomic E-state index is -0.211. The number of unbranched alkanes of at least 4 members (excludes halogenated alkanes) is 2. The summed E-state index contributed by atoms with van der Waals surface area (Å²) in [5, 5.41) is 0. The van der Waals surface area contributed by atoms with Crippen LogP contribution in [0.2, 0.25) is 0 Å². The monoisotopic (exact) mass is 282 g/mol. The van der Waals surface area contributed by atoms with Crippen LogP contribution in [0.15, 0.2) is 24.3 Å². The highest BCUT2D eigenvalue weighted by Gasteiger charge is 2.36. The molecule has 1 nitrogen and oxygen atoms in total. The summed E-state index contributed by atoms with van der Waals surface area (Å²) in [6.45, 7) is 3.07. The molecule has 0 aromatic heterocycles. The first-order valence-corrected chi connectivity index (χ1v) is 6.97. The van der Waals surface area contributed by atoms with Crippen LogP contribution in [0.25, 0.3) is 0 Å². The van der Waals surface area contributed by atoms with Gasteiger partial charge in [0.25, 0.3) is 0 Å². The van der Waals surface area contributed by atoms with Crippen LogP contribution in [-0.2, 0) is 15.7 Å². The minimum absolute atomic E-state index is 0.211. The zero-order chi connectivity index (χ0) is 11.4. The van der Waals surface area contributed by atoms with E-state index in [4.69, 9.17) is 4.74 Å². The molecule has 0 aliphatic heterocycles. The fourth-order valence-corrected chi connectivity index (χ4v) is 3.02. The van der Waals surface area contributed by atoms with Crippen molar-refractivity contribution in [2.45, 2.75) is 43.5 Å². The van der Waals surface area contributed by atoms with Gasteiger partial charge in [-0.15, -0.1) is 0 Å². The Morgan fingerprint density at radius 1 is 1.31 bits per heavy atom. The molecule has 0 bridgehead atoms. The van der Waals surface area contributed by atoms with Gasteiger partial charge >= 0.3 is 0 Å². The Morgan fingerprint density at radius 3 is 2.94 bits per heavy atom. The fourth-order valence-electron chi connectivity index (χ4n) is 2.27. The number of rotatable bonds is 5. The number of hydrogen-bond acceptors (Lipinski definition) is 1. The predicted molar refractivity (Wildman–Crippen MR) is 70.8 cm³/mol. The van der Waals surface area contributed by atoms with E-state index >= 15 is 0 Å². The van der Waals surface area contributed by atoms with E-state index < -0.39 is 0 Å². The molecular weight excluding hydrogens is 264 g/mol. The normalized spacial score (nSPS) is 23.4. The molecule has 0 N–H and O–H groups in total. The molecule has 16 heavy (non-hydrogen) atoms. The number of fused-ring (bicyclic) bond motifs is 1. The highest BCUT2D eigenvalue weighted by Crippen LogP contribution is 2.44. The van der Waals surface area contributed by atoms with Crippen molar-refractivity contribution in [1.82, 2.24) is 0 Å². The van der Waals surface area contributed by atoms with E-state index in [0.717, 1.165) is 25.9 Å². The Hall–Kier alpha value is -0.340. The minimum Gasteiger partial charge on any atom is -0.359 e. The van der Waals surface area contributed by atoms with Gasteiger partial charge in [-0.1, -0.05) is 44.0 Å². The largest absolute Gasteiger partial charge is 0.359 e. The van der Waals surface area contributed by atoms with Gasteiger partial charge in [0, 0.05) is 6.61 Å². The van der Waals surface area contributed by atoms with Crippen molar-refractivity contribution in [1.29, 1.82) is 0 Å². The Morgan fingerprint density at radius 2 is 2.12 bits per heavy atom. The molecule has 0 fully saturated rings. The summed E-state index contributed by atoms with van der Waals surface area (Å²) in [4.78, 5) is 0. The molecule has 0 heterocycles. The standard InChI is InChI=1S/C14H19BrO/c1-2-3-6-11-16-14(15)10-9-12-7-4-5-8-13(12)14/h4-5,7-8H,2-3,6,9-11H2,1H3. The third-order valence-corrected chi connectivity index (χ3v) is 4.27. The maximum atomic E-state index is 6.04. The van der Waals surface area contributed by atoms with Gasteiger partial charge < -0.3 is 4.74 Å². The lowest BCUT2D eigenvalue weighted by Crippen LogP contribution is -2.19. The number of hydrogen-bond donors (Lipinski definition) is 0. The van der Waals surface area contributed by atoms with Gasteiger partial charge in [-0.2, -0.15) is 0 Å². The average Bonchev–Trinajstić information content (AvgIpc) is 2.64. The van der Waals surface area contributed by atoms with Crippen molar-refractivity contribution < 1.29 is 4.74 Å². The lowest BCUT2D eigenvalue weighted by molar-refractivity contribution is 0.0279. The molecule has 2 rings (SSSR count). The Bertz CT molecular complexity index is 350. The van der Waals surface area contributed by atoms with E-state index in [1.165, 1.54) is 24.0 Å². The van der Waals surface area contributed by atoms with Crippen molar-refractivity contribution in [2.75, 3.05) is 6.61 Å². The fraction of sp³-hybridized carbons (Fsp3) is 0.571. The van der Waals surface area contributed by atoms with Crippen LogP contribution in [-0.4, -0.2) is 6.61 Å². The summed E-state index contributed by atoms with van der Waals surface area (Å²) < 4.78 is 5.82. The smallest absolute Gasteiger partial charge is 0.148 e. The highest BCUT2D eigenvalue weighted by molar-refractivity contribution is 9.09. The van der Waals surface area contributed by atoms with E-state index in [9.17, 15) is 0 Å². The average molecular weight is 283 g/mol. The van der Waals surface area contributed by atoms with E-state index in [0.29, 0.717) is 0 Å². The summed E-state index contributed by atoms with van der Waals surface area (Å²) in [5.74, 6) is 0. The summed E-state index contributed by atoms with van der Waals surface area (Å²) in [6, 6.07) is 8.58. The molecule has 0 saturated carbocycles. The number of aryl methyl sites for hydroxylation is 1. The third-order valence-electron chi connectivity index (χ3n) is 3.21. The van der Waals surface area contributed by atoms with Gasteiger partial charge in [0.15, 0.2) is 0 Å². The molecule has 1 aromatic carbocycles. The van der Waals surface area contributed by atoms with Crippen molar-refractivity contribution >= 4 is 15.9 Å². The van der Waals surface area contributed by atoms with Gasteiger partial charge in [-0.25, -0.2) is 0 Å². The van der Waals surface area contributed by atoms with Gasteiger partial charge in [-0.05, 0) is 46.3 Å². The zero-order valence-electron chi connectivity index (χ0n) is 9.84. The first-order chi connectivity index (χ1) is 7.76. The predicted octanol–water partition coefficient (Wildman–Crippen LogP) is 4.39. The van der Waals surface area contributed by atoms with Crippen LogP contribution in [0.3, 0.4) is 0 Å². The molecule has 0 saturated heterocycles. The van der Waals surface area contributed by atoms with Crippen molar-refractivity contribution in [3.8, 4) is 0 Å². The SMILES string of the molecule is CCCCCOC1(Br)CCc2ccccc21. The highest BCUT2D eigenvalue weighted by atomic mass is 79.9. The topological polar surface area (TPSA) is 9.23 Å². The molecule has 1 atom stereocenters. The molecule has 1 aromatic rings. The second-order valence-corrected chi connectivity index (χ2v) is 5.72. The van der Waals surface area contributed by atoms with E-state index in [1.807, 2.05) is 0 Å².